The third-order valence-electron chi connectivity index (χ3n) is 2.57. The van der Waals surface area contributed by atoms with E-state index < -0.39 is 17.4 Å². The van der Waals surface area contributed by atoms with Crippen LogP contribution < -0.4 is 0 Å². The highest BCUT2D eigenvalue weighted by Gasteiger charge is 2.49. The van der Waals surface area contributed by atoms with Crippen LogP contribution in [-0.4, -0.2) is 5.78 Å². The topological polar surface area (TPSA) is 54.0 Å². The number of ketones is 1. The van der Waals surface area contributed by atoms with E-state index in [1.807, 2.05) is 6.07 Å². The molecule has 1 aliphatic carbocycles. The van der Waals surface area contributed by atoms with Gasteiger partial charge in [-0.05, 0) is 12.1 Å². The smallest absolute Gasteiger partial charge is 0.449 e. The van der Waals surface area contributed by atoms with Crippen molar-refractivity contribution >= 4 is 5.78 Å². The van der Waals surface area contributed by atoms with E-state index in [-0.39, 0.29) is 24.4 Å². The third kappa shape index (κ3) is 1.48. The minimum atomic E-state index is -4.57. The summed E-state index contributed by atoms with van der Waals surface area (Å²) in [4.78, 5) is 10.8. The van der Waals surface area contributed by atoms with E-state index in [1.165, 1.54) is 0 Å². The Balaban J connectivity index is 2.33. The van der Waals surface area contributed by atoms with E-state index in [2.05, 4.69) is 4.42 Å². The second kappa shape index (κ2) is 3.11. The molecule has 16 heavy (non-hydrogen) atoms. The number of alkyl halides is 3. The standard InChI is InChI=1S/C10H6F3NO2/c11-10(12,13)8-2-1-7(16-8)9(5-14)3-6(15)4-9/h1-2H,3-4H2. The van der Waals surface area contributed by atoms with Crippen molar-refractivity contribution in [3.05, 3.63) is 23.7 Å². The van der Waals surface area contributed by atoms with Gasteiger partial charge in [0, 0.05) is 12.8 Å². The lowest BCUT2D eigenvalue weighted by Gasteiger charge is -2.31. The number of carbonyl (C=O) groups excluding carboxylic acids is 1. The van der Waals surface area contributed by atoms with E-state index in [1.54, 1.807) is 0 Å². The molecule has 1 fully saturated rings. The van der Waals surface area contributed by atoms with Crippen molar-refractivity contribution in [3.8, 4) is 6.07 Å². The molecular formula is C10H6F3NO2. The Bertz CT molecular complexity index is 473. The molecule has 84 valence electrons. The number of carbonyl (C=O) groups is 1. The molecule has 3 nitrogen and oxygen atoms in total. The third-order valence-corrected chi connectivity index (χ3v) is 2.57. The predicted octanol–water partition coefficient (Wildman–Crippen LogP) is 2.42. The van der Waals surface area contributed by atoms with Gasteiger partial charge in [0.25, 0.3) is 0 Å². The van der Waals surface area contributed by atoms with E-state index in [9.17, 15) is 18.0 Å². The molecule has 0 N–H and O–H groups in total. The molecule has 0 amide bonds. The summed E-state index contributed by atoms with van der Waals surface area (Å²) in [5.41, 5.74) is -1.19. The van der Waals surface area contributed by atoms with Crippen LogP contribution in [0.2, 0.25) is 0 Å². The van der Waals surface area contributed by atoms with E-state index in [4.69, 9.17) is 5.26 Å². The van der Waals surface area contributed by atoms with E-state index in [0.29, 0.717) is 0 Å². The lowest BCUT2D eigenvalue weighted by molar-refractivity contribution is -0.153. The zero-order valence-electron chi connectivity index (χ0n) is 7.97. The minimum absolute atomic E-state index is 0.0751. The molecular weight excluding hydrogens is 223 g/mol. The maximum Gasteiger partial charge on any atom is 0.449 e. The van der Waals surface area contributed by atoms with Gasteiger partial charge in [0.15, 0.2) is 0 Å². The quantitative estimate of drug-likeness (QED) is 0.743. The van der Waals surface area contributed by atoms with Gasteiger partial charge in [0.2, 0.25) is 5.76 Å². The van der Waals surface area contributed by atoms with Crippen molar-refractivity contribution < 1.29 is 22.4 Å². The van der Waals surface area contributed by atoms with Crippen molar-refractivity contribution in [1.29, 1.82) is 5.26 Å². The maximum absolute atomic E-state index is 12.2. The second-order valence-electron chi connectivity index (χ2n) is 3.75. The van der Waals surface area contributed by atoms with Crippen LogP contribution in [0.5, 0.6) is 0 Å². The fourth-order valence-electron chi connectivity index (χ4n) is 1.68. The number of rotatable bonds is 1. The van der Waals surface area contributed by atoms with Crippen molar-refractivity contribution in [1.82, 2.24) is 0 Å². The summed E-state index contributed by atoms with van der Waals surface area (Å²) in [7, 11) is 0. The molecule has 1 heterocycles. The average molecular weight is 229 g/mol. The van der Waals surface area contributed by atoms with Gasteiger partial charge in [-0.15, -0.1) is 0 Å². The summed E-state index contributed by atoms with van der Waals surface area (Å²) in [6.07, 6.45) is -4.72. The first-order valence-corrected chi connectivity index (χ1v) is 4.48. The number of furan rings is 1. The molecule has 0 saturated heterocycles. The first-order chi connectivity index (χ1) is 7.37. The molecule has 0 spiro atoms. The Morgan fingerprint density at radius 3 is 2.38 bits per heavy atom. The summed E-state index contributed by atoms with van der Waals surface area (Å²) in [6.45, 7) is 0. The van der Waals surface area contributed by atoms with Gasteiger partial charge < -0.3 is 4.42 Å². The number of halogens is 3. The Morgan fingerprint density at radius 2 is 2.00 bits per heavy atom. The number of nitrogens with zero attached hydrogens (tertiary/aromatic N) is 1. The fourth-order valence-corrected chi connectivity index (χ4v) is 1.68. The van der Waals surface area contributed by atoms with Crippen LogP contribution in [0, 0.1) is 11.3 Å². The van der Waals surface area contributed by atoms with Crippen LogP contribution in [-0.2, 0) is 16.4 Å². The first-order valence-electron chi connectivity index (χ1n) is 4.48. The van der Waals surface area contributed by atoms with Crippen LogP contribution in [0.4, 0.5) is 13.2 Å². The van der Waals surface area contributed by atoms with Crippen molar-refractivity contribution in [2.45, 2.75) is 24.4 Å². The molecule has 0 aromatic carbocycles. The van der Waals surface area contributed by atoms with Crippen molar-refractivity contribution in [3.63, 3.8) is 0 Å². The molecule has 0 radical (unpaired) electrons. The molecule has 0 unspecified atom stereocenters. The van der Waals surface area contributed by atoms with Gasteiger partial charge in [-0.1, -0.05) is 0 Å². The van der Waals surface area contributed by atoms with E-state index >= 15 is 0 Å². The normalized spacial score (nSPS) is 19.0. The highest BCUT2D eigenvalue weighted by atomic mass is 19.4. The maximum atomic E-state index is 12.2. The zero-order valence-corrected chi connectivity index (χ0v) is 7.97. The molecule has 0 bridgehead atoms. The summed E-state index contributed by atoms with van der Waals surface area (Å²) in [6, 6.07) is 3.73. The Hall–Kier alpha value is -1.77. The van der Waals surface area contributed by atoms with Crippen LogP contribution >= 0.6 is 0 Å². The number of nitriles is 1. The number of hydrogen-bond donors (Lipinski definition) is 0. The Morgan fingerprint density at radius 1 is 1.38 bits per heavy atom. The molecule has 6 heteroatoms. The molecule has 1 aromatic rings. The lowest BCUT2D eigenvalue weighted by atomic mass is 9.67. The van der Waals surface area contributed by atoms with Crippen LogP contribution in [0.15, 0.2) is 16.5 Å². The van der Waals surface area contributed by atoms with Crippen LogP contribution in [0.1, 0.15) is 24.4 Å². The summed E-state index contributed by atoms with van der Waals surface area (Å²) in [5, 5.41) is 8.88. The number of hydrogen-bond acceptors (Lipinski definition) is 3. The number of Topliss-reactive ketones (excluding diaryl/α,β-unsaturated/α-hetero) is 1. The highest BCUT2D eigenvalue weighted by molar-refractivity contribution is 5.89. The van der Waals surface area contributed by atoms with Crippen molar-refractivity contribution in [2.75, 3.05) is 0 Å². The van der Waals surface area contributed by atoms with Gasteiger partial charge in [0.05, 0.1) is 6.07 Å². The van der Waals surface area contributed by atoms with Gasteiger partial charge in [-0.3, -0.25) is 4.79 Å². The largest absolute Gasteiger partial charge is 0.455 e. The zero-order chi connectivity index (χ0) is 12.0. The predicted molar refractivity (Wildman–Crippen MR) is 45.2 cm³/mol. The van der Waals surface area contributed by atoms with E-state index in [0.717, 1.165) is 12.1 Å². The van der Waals surface area contributed by atoms with Crippen molar-refractivity contribution in [2.24, 2.45) is 0 Å². The van der Waals surface area contributed by atoms with Crippen LogP contribution in [0.25, 0.3) is 0 Å². The first kappa shape index (κ1) is 10.7. The summed E-state index contributed by atoms with van der Waals surface area (Å²) >= 11 is 0. The molecule has 1 saturated carbocycles. The molecule has 1 aliphatic rings. The lowest BCUT2D eigenvalue weighted by Crippen LogP contribution is -2.40. The monoisotopic (exact) mass is 229 g/mol. The molecule has 0 atom stereocenters. The molecule has 2 rings (SSSR count). The molecule has 0 aliphatic heterocycles. The fraction of sp³-hybridized carbons (Fsp3) is 0.400. The van der Waals surface area contributed by atoms with Gasteiger partial charge >= 0.3 is 6.18 Å². The minimum Gasteiger partial charge on any atom is -0.455 e. The second-order valence-corrected chi connectivity index (χ2v) is 3.75. The van der Waals surface area contributed by atoms with Crippen LogP contribution in [0.3, 0.4) is 0 Å². The van der Waals surface area contributed by atoms with Gasteiger partial charge in [0.1, 0.15) is 17.0 Å². The Labute approximate surface area is 88.5 Å². The average Bonchev–Trinajstić information content (AvgIpc) is 2.60. The van der Waals surface area contributed by atoms with Gasteiger partial charge in [-0.25, -0.2) is 0 Å². The highest BCUT2D eigenvalue weighted by Crippen LogP contribution is 2.43. The van der Waals surface area contributed by atoms with Gasteiger partial charge in [-0.2, -0.15) is 18.4 Å². The summed E-state index contributed by atoms with van der Waals surface area (Å²) < 4.78 is 41.3. The SMILES string of the molecule is N#CC1(c2ccc(C(F)(F)F)o2)CC(=O)C1. The molecule has 1 aromatic heterocycles. The Kier molecular flexibility index (Phi) is 2.09. The summed E-state index contributed by atoms with van der Waals surface area (Å²) in [5.74, 6) is -1.37.